The summed E-state index contributed by atoms with van der Waals surface area (Å²) in [6, 6.07) is 7.95. The van der Waals surface area contributed by atoms with Crippen LogP contribution in [0, 0.1) is 5.82 Å². The van der Waals surface area contributed by atoms with Crippen molar-refractivity contribution in [2.45, 2.75) is 49.9 Å². The highest BCUT2D eigenvalue weighted by molar-refractivity contribution is 5.20. The predicted molar refractivity (Wildman–Crippen MR) is 87.8 cm³/mol. The van der Waals surface area contributed by atoms with E-state index in [1.54, 1.807) is 19.2 Å². The number of hydrogen-bond acceptors (Lipinski definition) is 4. The Morgan fingerprint density at radius 3 is 2.48 bits per heavy atom. The van der Waals surface area contributed by atoms with Gasteiger partial charge in [0.05, 0.1) is 19.3 Å². The monoisotopic (exact) mass is 322 g/mol. The van der Waals surface area contributed by atoms with E-state index < -0.39 is 0 Å². The van der Waals surface area contributed by atoms with Crippen molar-refractivity contribution in [1.82, 2.24) is 10.2 Å². The van der Waals surface area contributed by atoms with Crippen LogP contribution in [0.15, 0.2) is 24.3 Å². The average Bonchev–Trinajstić information content (AvgIpc) is 2.80. The summed E-state index contributed by atoms with van der Waals surface area (Å²) in [5.74, 6) is -0.241. The molecule has 0 aliphatic carbocycles. The van der Waals surface area contributed by atoms with Gasteiger partial charge in [-0.2, -0.15) is 0 Å². The van der Waals surface area contributed by atoms with Gasteiger partial charge >= 0.3 is 0 Å². The van der Waals surface area contributed by atoms with E-state index in [1.807, 2.05) is 0 Å². The molecule has 0 amide bonds. The summed E-state index contributed by atoms with van der Waals surface area (Å²) in [6.07, 6.45) is 4.73. The fourth-order valence-corrected chi connectivity index (χ4v) is 4.21. The highest BCUT2D eigenvalue weighted by Crippen LogP contribution is 2.36. The number of nitrogens with zero attached hydrogens (tertiary/aromatic N) is 1. The van der Waals surface area contributed by atoms with Gasteiger partial charge in [0.15, 0.2) is 0 Å². The fourth-order valence-electron chi connectivity index (χ4n) is 4.21. The number of methoxy groups -OCH3 is 1. The molecule has 5 heteroatoms. The summed E-state index contributed by atoms with van der Waals surface area (Å²) in [6.45, 7) is 1.84. The van der Waals surface area contributed by atoms with Gasteiger partial charge in [-0.15, -0.1) is 0 Å². The first-order valence-corrected chi connectivity index (χ1v) is 8.58. The third-order valence-electron chi connectivity index (χ3n) is 5.33. The van der Waals surface area contributed by atoms with E-state index in [-0.39, 0.29) is 18.5 Å². The summed E-state index contributed by atoms with van der Waals surface area (Å²) in [4.78, 5) is 2.59. The van der Waals surface area contributed by atoms with Crippen LogP contribution in [0.3, 0.4) is 0 Å². The molecule has 128 valence electrons. The van der Waals surface area contributed by atoms with Crippen molar-refractivity contribution in [2.75, 3.05) is 26.9 Å². The minimum absolute atomic E-state index is 0.0326. The molecule has 0 aromatic heterocycles. The Hall–Kier alpha value is -1.01. The predicted octanol–water partition coefficient (Wildman–Crippen LogP) is 2.09. The quantitative estimate of drug-likeness (QED) is 0.807. The van der Waals surface area contributed by atoms with E-state index in [1.165, 1.54) is 25.0 Å². The van der Waals surface area contributed by atoms with Gasteiger partial charge in [0, 0.05) is 31.8 Å². The van der Waals surface area contributed by atoms with Crippen LogP contribution in [0.4, 0.5) is 4.39 Å². The first kappa shape index (κ1) is 16.8. The molecule has 0 radical (unpaired) electrons. The van der Waals surface area contributed by atoms with Gasteiger partial charge in [0.25, 0.3) is 0 Å². The minimum Gasteiger partial charge on any atom is -0.394 e. The number of aliphatic hydroxyl groups is 1. The lowest BCUT2D eigenvalue weighted by Crippen LogP contribution is -2.50. The lowest BCUT2D eigenvalue weighted by atomic mass is 9.95. The van der Waals surface area contributed by atoms with Gasteiger partial charge in [0.1, 0.15) is 5.82 Å². The van der Waals surface area contributed by atoms with E-state index >= 15 is 0 Å². The van der Waals surface area contributed by atoms with Gasteiger partial charge in [0.2, 0.25) is 0 Å². The molecule has 1 aromatic rings. The standard InChI is InChI=1S/C18H27FN2O2/c1-23-9-8-21-16-6-7-17(21)11-15(10-16)20-18(12-22)13-2-4-14(19)5-3-13/h2-5,15-18,20,22H,6-12H2,1H3. The number of ether oxygens (including phenoxy) is 1. The number of nitrogens with one attached hydrogen (secondary N) is 1. The Kier molecular flexibility index (Phi) is 5.64. The highest BCUT2D eigenvalue weighted by Gasteiger charge is 2.40. The Bertz CT molecular complexity index is 482. The van der Waals surface area contributed by atoms with Crippen molar-refractivity contribution >= 4 is 0 Å². The van der Waals surface area contributed by atoms with Crippen molar-refractivity contribution in [3.63, 3.8) is 0 Å². The van der Waals surface area contributed by atoms with Crippen LogP contribution in [0.2, 0.25) is 0 Å². The molecule has 2 aliphatic heterocycles. The maximum Gasteiger partial charge on any atom is 0.123 e. The van der Waals surface area contributed by atoms with E-state index in [0.29, 0.717) is 18.1 Å². The Balaban J connectivity index is 1.59. The normalized spacial score (nSPS) is 28.9. The average molecular weight is 322 g/mol. The zero-order valence-corrected chi connectivity index (χ0v) is 13.7. The molecule has 0 saturated carbocycles. The summed E-state index contributed by atoms with van der Waals surface area (Å²) < 4.78 is 18.3. The van der Waals surface area contributed by atoms with Crippen LogP contribution in [0.5, 0.6) is 0 Å². The first-order valence-electron chi connectivity index (χ1n) is 8.58. The zero-order valence-electron chi connectivity index (χ0n) is 13.7. The second kappa shape index (κ2) is 7.71. The number of benzene rings is 1. The number of halogens is 1. The number of aliphatic hydroxyl groups excluding tert-OH is 1. The SMILES string of the molecule is COCCN1C2CCC1CC(NC(CO)c1ccc(F)cc1)C2. The Morgan fingerprint density at radius 1 is 1.26 bits per heavy atom. The molecule has 1 aromatic carbocycles. The van der Waals surface area contributed by atoms with Crippen molar-refractivity contribution in [2.24, 2.45) is 0 Å². The van der Waals surface area contributed by atoms with E-state index in [0.717, 1.165) is 31.6 Å². The topological polar surface area (TPSA) is 44.7 Å². The molecule has 23 heavy (non-hydrogen) atoms. The van der Waals surface area contributed by atoms with Crippen molar-refractivity contribution in [1.29, 1.82) is 0 Å². The van der Waals surface area contributed by atoms with E-state index in [9.17, 15) is 9.50 Å². The maximum atomic E-state index is 13.1. The van der Waals surface area contributed by atoms with Gasteiger partial charge in [-0.25, -0.2) is 4.39 Å². The molecule has 2 saturated heterocycles. The second-order valence-electron chi connectivity index (χ2n) is 6.74. The number of piperidine rings is 1. The lowest BCUT2D eigenvalue weighted by Gasteiger charge is -2.40. The summed E-state index contributed by atoms with van der Waals surface area (Å²) >= 11 is 0. The lowest BCUT2D eigenvalue weighted by molar-refractivity contribution is 0.0729. The van der Waals surface area contributed by atoms with Crippen LogP contribution < -0.4 is 5.32 Å². The van der Waals surface area contributed by atoms with Crippen LogP contribution in [0.1, 0.15) is 37.3 Å². The van der Waals surface area contributed by atoms with Crippen molar-refractivity contribution < 1.29 is 14.2 Å². The Morgan fingerprint density at radius 2 is 1.91 bits per heavy atom. The minimum atomic E-state index is -0.241. The summed E-state index contributed by atoms with van der Waals surface area (Å²) in [5.41, 5.74) is 0.947. The molecule has 3 atom stereocenters. The largest absolute Gasteiger partial charge is 0.394 e. The number of rotatable bonds is 7. The van der Waals surface area contributed by atoms with Gasteiger partial charge in [-0.1, -0.05) is 12.1 Å². The molecule has 2 N–H and O–H groups in total. The highest BCUT2D eigenvalue weighted by atomic mass is 19.1. The summed E-state index contributed by atoms with van der Waals surface area (Å²) in [7, 11) is 1.75. The van der Waals surface area contributed by atoms with Crippen LogP contribution in [-0.2, 0) is 4.74 Å². The first-order chi connectivity index (χ1) is 11.2. The van der Waals surface area contributed by atoms with Crippen LogP contribution in [-0.4, -0.2) is 55.0 Å². The molecular weight excluding hydrogens is 295 g/mol. The van der Waals surface area contributed by atoms with Crippen molar-refractivity contribution in [3.8, 4) is 0 Å². The van der Waals surface area contributed by atoms with Crippen molar-refractivity contribution in [3.05, 3.63) is 35.6 Å². The molecule has 2 fully saturated rings. The molecule has 2 heterocycles. The molecule has 4 nitrogen and oxygen atoms in total. The third kappa shape index (κ3) is 3.91. The van der Waals surface area contributed by atoms with Crippen LogP contribution in [0.25, 0.3) is 0 Å². The van der Waals surface area contributed by atoms with Gasteiger partial charge in [-0.3, -0.25) is 4.90 Å². The van der Waals surface area contributed by atoms with E-state index in [4.69, 9.17) is 4.74 Å². The zero-order chi connectivity index (χ0) is 16.2. The molecule has 2 aliphatic rings. The molecule has 3 unspecified atom stereocenters. The van der Waals surface area contributed by atoms with Crippen LogP contribution >= 0.6 is 0 Å². The molecule has 0 spiro atoms. The number of fused-ring (bicyclic) bond motifs is 2. The van der Waals surface area contributed by atoms with Gasteiger partial charge < -0.3 is 15.2 Å². The number of hydrogen-bond donors (Lipinski definition) is 2. The smallest absolute Gasteiger partial charge is 0.123 e. The van der Waals surface area contributed by atoms with E-state index in [2.05, 4.69) is 10.2 Å². The Labute approximate surface area is 137 Å². The fraction of sp³-hybridized carbons (Fsp3) is 0.667. The molecule has 3 rings (SSSR count). The third-order valence-corrected chi connectivity index (χ3v) is 5.33. The summed E-state index contributed by atoms with van der Waals surface area (Å²) in [5, 5.41) is 13.3. The maximum absolute atomic E-state index is 13.1. The van der Waals surface area contributed by atoms with Gasteiger partial charge in [-0.05, 0) is 43.4 Å². The molecule has 2 bridgehead atoms. The molecular formula is C18H27FN2O2. The second-order valence-corrected chi connectivity index (χ2v) is 6.74.